The van der Waals surface area contributed by atoms with Gasteiger partial charge in [-0.3, -0.25) is 14.4 Å². The summed E-state index contributed by atoms with van der Waals surface area (Å²) < 4.78 is 35.5. The molecule has 0 aliphatic carbocycles. The Morgan fingerprint density at radius 3 is 2.06 bits per heavy atom. The van der Waals surface area contributed by atoms with E-state index in [1.165, 1.54) is 0 Å². The third-order valence-electron chi connectivity index (χ3n) is 1.65. The van der Waals surface area contributed by atoms with Gasteiger partial charge in [0.15, 0.2) is 0 Å². The van der Waals surface area contributed by atoms with Gasteiger partial charge in [0.2, 0.25) is 11.8 Å². The maximum atomic E-state index is 11.8. The number of carbonyl (C=O) groups is 3. The molecule has 0 aromatic carbocycles. The van der Waals surface area contributed by atoms with Crippen LogP contribution in [0.15, 0.2) is 0 Å². The highest BCUT2D eigenvalue weighted by atomic mass is 19.4. The lowest BCUT2D eigenvalue weighted by molar-refractivity contribution is -0.152. The van der Waals surface area contributed by atoms with Crippen LogP contribution < -0.4 is 5.73 Å². The number of hydrogen-bond acceptors (Lipinski definition) is 3. The molecule has 0 spiro atoms. The van der Waals surface area contributed by atoms with Gasteiger partial charge in [-0.25, -0.2) is 0 Å². The average molecular weight is 256 g/mol. The molecule has 0 unspecified atom stereocenters. The minimum atomic E-state index is -4.52. The summed E-state index contributed by atoms with van der Waals surface area (Å²) in [5.41, 5.74) is 4.74. The van der Waals surface area contributed by atoms with Gasteiger partial charge in [0, 0.05) is 6.42 Å². The third-order valence-corrected chi connectivity index (χ3v) is 1.65. The van der Waals surface area contributed by atoms with Crippen molar-refractivity contribution in [2.45, 2.75) is 19.0 Å². The molecule has 98 valence electrons. The molecule has 6 nitrogen and oxygen atoms in total. The summed E-state index contributed by atoms with van der Waals surface area (Å²) in [5, 5.41) is 8.41. The molecule has 0 saturated carbocycles. The van der Waals surface area contributed by atoms with Gasteiger partial charge in [-0.2, -0.15) is 13.2 Å². The minimum Gasteiger partial charge on any atom is -0.480 e. The summed E-state index contributed by atoms with van der Waals surface area (Å²) in [6.07, 6.45) is -6.80. The first-order chi connectivity index (χ1) is 7.61. The number of rotatable bonds is 6. The molecule has 0 heterocycles. The average Bonchev–Trinajstić information content (AvgIpc) is 2.10. The number of carboxylic acids is 1. The quantitative estimate of drug-likeness (QED) is 0.682. The lowest BCUT2D eigenvalue weighted by Gasteiger charge is -2.19. The van der Waals surface area contributed by atoms with Crippen LogP contribution in [0.2, 0.25) is 0 Å². The Balaban J connectivity index is 4.42. The third kappa shape index (κ3) is 8.05. The normalized spacial score (nSPS) is 11.0. The first-order valence-electron chi connectivity index (χ1n) is 4.46. The predicted molar refractivity (Wildman–Crippen MR) is 48.7 cm³/mol. The van der Waals surface area contributed by atoms with Gasteiger partial charge in [-0.1, -0.05) is 0 Å². The van der Waals surface area contributed by atoms with Crippen LogP contribution in [0.25, 0.3) is 0 Å². The van der Waals surface area contributed by atoms with E-state index in [-0.39, 0.29) is 0 Å². The van der Waals surface area contributed by atoms with Crippen molar-refractivity contribution in [2.24, 2.45) is 5.73 Å². The molecule has 0 aromatic heterocycles. The van der Waals surface area contributed by atoms with Gasteiger partial charge < -0.3 is 15.7 Å². The Hall–Kier alpha value is -1.80. The zero-order valence-corrected chi connectivity index (χ0v) is 8.66. The van der Waals surface area contributed by atoms with Gasteiger partial charge in [0.25, 0.3) is 0 Å². The molecular formula is C8H11F3N2O4. The number of nitrogens with two attached hydrogens (primary N) is 1. The highest BCUT2D eigenvalue weighted by Gasteiger charge is 2.29. The molecule has 0 radical (unpaired) electrons. The number of amides is 2. The van der Waals surface area contributed by atoms with Crippen LogP contribution in [0.1, 0.15) is 12.8 Å². The summed E-state index contributed by atoms with van der Waals surface area (Å²) in [6.45, 7) is -1.58. The van der Waals surface area contributed by atoms with E-state index in [0.29, 0.717) is 4.90 Å². The predicted octanol–water partition coefficient (Wildman–Crippen LogP) is -0.273. The smallest absolute Gasteiger partial charge is 0.389 e. The maximum absolute atomic E-state index is 11.8. The summed E-state index contributed by atoms with van der Waals surface area (Å²) in [7, 11) is 0. The van der Waals surface area contributed by atoms with Gasteiger partial charge in [0.05, 0.1) is 13.0 Å². The van der Waals surface area contributed by atoms with Gasteiger partial charge >= 0.3 is 12.1 Å². The molecule has 0 rings (SSSR count). The zero-order chi connectivity index (χ0) is 13.6. The van der Waals surface area contributed by atoms with Crippen molar-refractivity contribution in [1.82, 2.24) is 4.90 Å². The number of halogens is 3. The fourth-order valence-corrected chi connectivity index (χ4v) is 0.990. The molecule has 3 N–H and O–H groups in total. The number of nitrogens with zero attached hydrogens (tertiary/aromatic N) is 1. The molecule has 0 aliphatic heterocycles. The van der Waals surface area contributed by atoms with E-state index in [4.69, 9.17) is 10.8 Å². The molecular weight excluding hydrogens is 245 g/mol. The van der Waals surface area contributed by atoms with E-state index in [1.54, 1.807) is 0 Å². The second-order valence-electron chi connectivity index (χ2n) is 3.23. The molecule has 9 heteroatoms. The van der Waals surface area contributed by atoms with Crippen molar-refractivity contribution >= 4 is 17.8 Å². The minimum absolute atomic E-state index is 0.469. The molecule has 0 aliphatic rings. The number of carboxylic acid groups (broad SMARTS) is 1. The number of aliphatic carboxylic acids is 1. The zero-order valence-electron chi connectivity index (χ0n) is 8.66. The number of primary amides is 1. The lowest BCUT2D eigenvalue weighted by Crippen LogP contribution is -2.41. The van der Waals surface area contributed by atoms with Gasteiger partial charge in [-0.05, 0) is 0 Å². The summed E-state index contributed by atoms with van der Waals surface area (Å²) in [4.78, 5) is 32.5. The molecule has 0 aromatic rings. The number of hydrogen-bond donors (Lipinski definition) is 2. The van der Waals surface area contributed by atoms with Crippen molar-refractivity contribution in [1.29, 1.82) is 0 Å². The maximum Gasteiger partial charge on any atom is 0.389 e. The van der Waals surface area contributed by atoms with Crippen molar-refractivity contribution in [3.63, 3.8) is 0 Å². The van der Waals surface area contributed by atoms with Crippen LogP contribution in [-0.4, -0.2) is 47.1 Å². The Morgan fingerprint density at radius 1 is 1.18 bits per heavy atom. The highest BCUT2D eigenvalue weighted by Crippen LogP contribution is 2.21. The summed E-state index contributed by atoms with van der Waals surface area (Å²) in [5.74, 6) is -3.51. The molecule has 0 saturated heterocycles. The Bertz CT molecular complexity index is 300. The second kappa shape index (κ2) is 6.06. The largest absolute Gasteiger partial charge is 0.480 e. The standard InChI is InChI=1S/C8H11F3N2O4/c9-8(10,11)2-1-6(15)13(3-5(12)14)4-7(16)17/h1-4H2,(H2,12,14)(H,16,17). The Labute approximate surface area is 94.2 Å². The fourth-order valence-electron chi connectivity index (χ4n) is 0.990. The van der Waals surface area contributed by atoms with E-state index < -0.39 is 49.9 Å². The Morgan fingerprint density at radius 2 is 1.71 bits per heavy atom. The van der Waals surface area contributed by atoms with Crippen LogP contribution >= 0.6 is 0 Å². The van der Waals surface area contributed by atoms with Crippen molar-refractivity contribution < 1.29 is 32.7 Å². The van der Waals surface area contributed by atoms with Crippen molar-refractivity contribution in [3.8, 4) is 0 Å². The van der Waals surface area contributed by atoms with E-state index >= 15 is 0 Å². The topological polar surface area (TPSA) is 101 Å². The first kappa shape index (κ1) is 15.2. The lowest BCUT2D eigenvalue weighted by atomic mass is 10.2. The molecule has 0 atom stereocenters. The molecule has 0 bridgehead atoms. The van der Waals surface area contributed by atoms with E-state index in [9.17, 15) is 27.6 Å². The SMILES string of the molecule is NC(=O)CN(CC(=O)O)C(=O)CCC(F)(F)F. The second-order valence-corrected chi connectivity index (χ2v) is 3.23. The first-order valence-corrected chi connectivity index (χ1v) is 4.46. The van der Waals surface area contributed by atoms with Crippen molar-refractivity contribution in [3.05, 3.63) is 0 Å². The van der Waals surface area contributed by atoms with E-state index in [0.717, 1.165) is 0 Å². The van der Waals surface area contributed by atoms with E-state index in [1.807, 2.05) is 0 Å². The van der Waals surface area contributed by atoms with Crippen LogP contribution in [0.4, 0.5) is 13.2 Å². The summed E-state index contributed by atoms with van der Waals surface area (Å²) >= 11 is 0. The number of carbonyl (C=O) groups excluding carboxylic acids is 2. The van der Waals surface area contributed by atoms with E-state index in [2.05, 4.69) is 0 Å². The number of alkyl halides is 3. The fraction of sp³-hybridized carbons (Fsp3) is 0.625. The molecule has 17 heavy (non-hydrogen) atoms. The van der Waals surface area contributed by atoms with Crippen LogP contribution in [0, 0.1) is 0 Å². The van der Waals surface area contributed by atoms with Gasteiger partial charge in [0.1, 0.15) is 6.54 Å². The highest BCUT2D eigenvalue weighted by molar-refractivity contribution is 5.86. The van der Waals surface area contributed by atoms with Crippen LogP contribution in [0.5, 0.6) is 0 Å². The monoisotopic (exact) mass is 256 g/mol. The van der Waals surface area contributed by atoms with Crippen LogP contribution in [0.3, 0.4) is 0 Å². The Kier molecular flexibility index (Phi) is 5.42. The molecule has 2 amide bonds. The van der Waals surface area contributed by atoms with Gasteiger partial charge in [-0.15, -0.1) is 0 Å². The molecule has 0 fully saturated rings. The summed E-state index contributed by atoms with van der Waals surface area (Å²) in [6, 6.07) is 0. The van der Waals surface area contributed by atoms with Crippen molar-refractivity contribution in [2.75, 3.05) is 13.1 Å². The van der Waals surface area contributed by atoms with Crippen LogP contribution in [-0.2, 0) is 14.4 Å².